The number of fused-ring (bicyclic) bond motifs is 1. The molecule has 2 aliphatic rings. The number of benzene rings is 2. The molecule has 2 N–H and O–H groups in total. The Morgan fingerprint density at radius 1 is 0.853 bits per heavy atom. The van der Waals surface area contributed by atoms with Gasteiger partial charge in [0.2, 0.25) is 0 Å². The fraction of sp³-hybridized carbons (Fsp3) is 0.556. The maximum absolute atomic E-state index is 10.6. The van der Waals surface area contributed by atoms with Gasteiger partial charge in [0, 0.05) is 0 Å². The molecule has 5 nitrogen and oxygen atoms in total. The van der Waals surface area contributed by atoms with Crippen LogP contribution in [0.25, 0.3) is 0 Å². The standard InChI is InChI=1S/C19H20O5Se.2C4H9.Sn/c20-15-16(21)19(25-13-9-5-2-6-10-13)23-14-11-22-18(24-17(14)15)12-7-3-1-4-8-12;2*1-3-4-2;/h1-10,14-21H,11H2;2*1,3-4H2,2H3;/t14-,15-,16-,17-,18-,19+;;;/m1.../s1. The molecule has 0 spiro atoms. The Morgan fingerprint density at radius 3 is 2.09 bits per heavy atom. The fourth-order valence-corrected chi connectivity index (χ4v) is 10.2. The second kappa shape index (κ2) is 15.6. The van der Waals surface area contributed by atoms with Gasteiger partial charge in [0.25, 0.3) is 0 Å². The van der Waals surface area contributed by atoms with E-state index in [0.29, 0.717) is 6.61 Å². The maximum atomic E-state index is 10.6. The molecule has 2 aromatic rings. The van der Waals surface area contributed by atoms with E-state index >= 15 is 0 Å². The molecule has 2 aromatic carbocycles. The molecule has 0 unspecified atom stereocenters. The summed E-state index contributed by atoms with van der Waals surface area (Å²) in [6, 6.07) is 19.5. The van der Waals surface area contributed by atoms with E-state index in [1.54, 1.807) is 8.87 Å². The summed E-state index contributed by atoms with van der Waals surface area (Å²) in [5.41, 5.74) is 0.887. The van der Waals surface area contributed by atoms with Crippen LogP contribution in [0.15, 0.2) is 60.7 Å². The van der Waals surface area contributed by atoms with Crippen molar-refractivity contribution in [3.05, 3.63) is 66.2 Å². The van der Waals surface area contributed by atoms with E-state index < -0.39 is 29.6 Å². The summed E-state index contributed by atoms with van der Waals surface area (Å²) in [5, 5.41) is 20.7. The molecule has 0 saturated carbocycles. The van der Waals surface area contributed by atoms with E-state index in [1.165, 1.54) is 25.7 Å². The summed E-state index contributed by atoms with van der Waals surface area (Å²) in [4.78, 5) is 0. The number of hydrogen-bond acceptors (Lipinski definition) is 5. The second-order valence-corrected chi connectivity index (χ2v) is 15.3. The first-order valence-corrected chi connectivity index (χ1v) is 18.3. The van der Waals surface area contributed by atoms with Crippen molar-refractivity contribution in [1.82, 2.24) is 0 Å². The van der Waals surface area contributed by atoms with Crippen molar-refractivity contribution in [2.24, 2.45) is 0 Å². The summed E-state index contributed by atoms with van der Waals surface area (Å²) in [6.45, 7) is 4.91. The van der Waals surface area contributed by atoms with Gasteiger partial charge in [-0.3, -0.25) is 0 Å². The third-order valence-corrected chi connectivity index (χ3v) is 12.3. The van der Waals surface area contributed by atoms with Gasteiger partial charge in [-0.2, -0.15) is 0 Å². The Morgan fingerprint density at radius 2 is 1.47 bits per heavy atom. The van der Waals surface area contributed by atoms with Crippen LogP contribution in [0.3, 0.4) is 0 Å². The van der Waals surface area contributed by atoms with Crippen LogP contribution < -0.4 is 4.46 Å². The molecule has 0 aromatic heterocycles. The fourth-order valence-electron chi connectivity index (χ4n) is 3.82. The van der Waals surface area contributed by atoms with E-state index in [2.05, 4.69) is 13.8 Å². The van der Waals surface area contributed by atoms with Crippen LogP contribution in [0.4, 0.5) is 0 Å². The van der Waals surface area contributed by atoms with Crippen LogP contribution in [-0.4, -0.2) is 82.3 Å². The van der Waals surface area contributed by atoms with Crippen LogP contribution in [0.1, 0.15) is 51.4 Å². The minimum absolute atomic E-state index is 0.108. The van der Waals surface area contributed by atoms with Gasteiger partial charge >= 0.3 is 222 Å². The van der Waals surface area contributed by atoms with E-state index in [4.69, 9.17) is 14.2 Å². The van der Waals surface area contributed by atoms with Crippen molar-refractivity contribution in [2.75, 3.05) is 6.61 Å². The molecular weight excluding hydrogens is 602 g/mol. The molecule has 2 saturated heterocycles. The van der Waals surface area contributed by atoms with Gasteiger partial charge in [-0.15, -0.1) is 0 Å². The van der Waals surface area contributed by atoms with Gasteiger partial charge in [-0.1, -0.05) is 0 Å². The molecule has 186 valence electrons. The topological polar surface area (TPSA) is 68.2 Å². The number of rotatable bonds is 9. The Kier molecular flexibility index (Phi) is 12.9. The summed E-state index contributed by atoms with van der Waals surface area (Å²) in [5.74, 6) is 0. The molecule has 0 aliphatic carbocycles. The molecule has 2 heterocycles. The monoisotopic (exact) mass is 642 g/mol. The molecule has 6 atom stereocenters. The van der Waals surface area contributed by atoms with Crippen LogP contribution in [0.2, 0.25) is 8.87 Å². The Hall–Kier alpha value is -0.442. The number of unbranched alkanes of at least 4 members (excludes halogenated alkanes) is 2. The number of ether oxygens (including phenoxy) is 3. The third kappa shape index (κ3) is 8.59. The molecule has 2 fully saturated rings. The zero-order valence-electron chi connectivity index (χ0n) is 20.2. The normalized spacial score (nSPS) is 28.5. The SMILES string of the molecule is CCC[CH2][Sn][CH2]CCC.O[C@@H]1[C@@H](O)[C@H]([Se]c2ccccc2)O[C@@H]2CO[C@@H](c3ccccc3)O[C@@H]12. The Bertz CT molecular complexity index is 788. The predicted octanol–water partition coefficient (Wildman–Crippen LogP) is 3.70. The molecular formula is C27H38O5SeSn. The van der Waals surface area contributed by atoms with Gasteiger partial charge in [-0.25, -0.2) is 0 Å². The number of aliphatic hydroxyl groups excluding tert-OH is 2. The number of hydrogen-bond donors (Lipinski definition) is 2. The van der Waals surface area contributed by atoms with Crippen molar-refractivity contribution < 1.29 is 24.4 Å². The van der Waals surface area contributed by atoms with Crippen molar-refractivity contribution in [1.29, 1.82) is 0 Å². The minimum atomic E-state index is -0.996. The average molecular weight is 640 g/mol. The van der Waals surface area contributed by atoms with Crippen LogP contribution in [-0.2, 0) is 14.2 Å². The first-order valence-electron chi connectivity index (χ1n) is 12.4. The van der Waals surface area contributed by atoms with Crippen molar-refractivity contribution in [3.8, 4) is 0 Å². The van der Waals surface area contributed by atoms with Gasteiger partial charge < -0.3 is 0 Å². The van der Waals surface area contributed by atoms with Gasteiger partial charge in [0.15, 0.2) is 0 Å². The van der Waals surface area contributed by atoms with E-state index in [-0.39, 0.29) is 42.2 Å². The molecule has 7 heteroatoms. The first-order chi connectivity index (χ1) is 16.6. The van der Waals surface area contributed by atoms with Crippen LogP contribution in [0.5, 0.6) is 0 Å². The van der Waals surface area contributed by atoms with Crippen LogP contribution in [0, 0.1) is 0 Å². The predicted molar refractivity (Wildman–Crippen MR) is 138 cm³/mol. The molecule has 0 bridgehead atoms. The van der Waals surface area contributed by atoms with Crippen LogP contribution >= 0.6 is 0 Å². The number of aliphatic hydroxyl groups is 2. The van der Waals surface area contributed by atoms with E-state index in [1.807, 2.05) is 60.7 Å². The van der Waals surface area contributed by atoms with Crippen molar-refractivity contribution >= 4 is 40.6 Å². The summed E-state index contributed by atoms with van der Waals surface area (Å²) < 4.78 is 22.1. The van der Waals surface area contributed by atoms with E-state index in [0.717, 1.165) is 10.0 Å². The van der Waals surface area contributed by atoms with E-state index in [9.17, 15) is 10.2 Å². The molecule has 34 heavy (non-hydrogen) atoms. The summed E-state index contributed by atoms with van der Waals surface area (Å²) in [6.07, 6.45) is 2.33. The van der Waals surface area contributed by atoms with Gasteiger partial charge in [-0.05, 0) is 0 Å². The zero-order chi connectivity index (χ0) is 24.2. The Labute approximate surface area is 221 Å². The van der Waals surface area contributed by atoms with Gasteiger partial charge in [0.05, 0.1) is 0 Å². The molecule has 0 amide bonds. The van der Waals surface area contributed by atoms with Gasteiger partial charge in [0.1, 0.15) is 0 Å². The summed E-state index contributed by atoms with van der Waals surface area (Å²) in [7, 11) is 0. The average Bonchev–Trinajstić information content (AvgIpc) is 2.88. The zero-order valence-corrected chi connectivity index (χ0v) is 24.8. The van der Waals surface area contributed by atoms with Crippen molar-refractivity contribution in [3.63, 3.8) is 0 Å². The van der Waals surface area contributed by atoms with Crippen molar-refractivity contribution in [2.45, 2.75) is 84.1 Å². The Balaban J connectivity index is 0.000000309. The molecule has 2 aliphatic heterocycles. The first kappa shape index (κ1) is 28.1. The summed E-state index contributed by atoms with van der Waals surface area (Å²) >= 11 is 0.0413. The second-order valence-electron chi connectivity index (χ2n) is 8.59. The molecule has 2 radical (unpaired) electrons. The molecule has 4 rings (SSSR count). The quantitative estimate of drug-likeness (QED) is 0.324. The third-order valence-electron chi connectivity index (χ3n) is 5.81.